The Kier molecular flexibility index (Phi) is 3.61. The minimum Gasteiger partial charge on any atom is -0.325 e. The first-order valence-corrected chi connectivity index (χ1v) is 6.47. The molecule has 5 heteroatoms. The molecular weight excluding hydrogens is 258 g/mol. The maximum absolute atomic E-state index is 12.0. The number of carbonyl (C=O) groups is 3. The highest BCUT2D eigenvalue weighted by molar-refractivity contribution is 6.02. The lowest BCUT2D eigenvalue weighted by atomic mass is 9.86. The van der Waals surface area contributed by atoms with Gasteiger partial charge < -0.3 is 4.84 Å². The van der Waals surface area contributed by atoms with Crippen molar-refractivity contribution in [3.05, 3.63) is 35.4 Å². The number of imide groups is 1. The molecule has 1 fully saturated rings. The van der Waals surface area contributed by atoms with Crippen LogP contribution in [0.5, 0.6) is 0 Å². The Labute approximate surface area is 117 Å². The predicted molar refractivity (Wildman–Crippen MR) is 71.6 cm³/mol. The second-order valence-electron chi connectivity index (χ2n) is 5.79. The van der Waals surface area contributed by atoms with Crippen molar-refractivity contribution in [2.24, 2.45) is 0 Å². The maximum atomic E-state index is 12.0. The van der Waals surface area contributed by atoms with Crippen LogP contribution >= 0.6 is 0 Å². The summed E-state index contributed by atoms with van der Waals surface area (Å²) in [4.78, 5) is 39.7. The minimum absolute atomic E-state index is 0.0914. The van der Waals surface area contributed by atoms with Gasteiger partial charge >= 0.3 is 5.97 Å². The van der Waals surface area contributed by atoms with Crippen LogP contribution in [0.2, 0.25) is 0 Å². The van der Waals surface area contributed by atoms with E-state index in [-0.39, 0.29) is 18.3 Å². The molecule has 1 heterocycles. The molecule has 0 aliphatic carbocycles. The first kappa shape index (κ1) is 14.2. The average Bonchev–Trinajstić information content (AvgIpc) is 2.69. The monoisotopic (exact) mass is 275 g/mol. The number of benzene rings is 1. The summed E-state index contributed by atoms with van der Waals surface area (Å²) < 4.78 is 0. The van der Waals surface area contributed by atoms with E-state index in [1.807, 2.05) is 26.8 Å². The predicted octanol–water partition coefficient (Wildman–Crippen LogP) is 2.20. The summed E-state index contributed by atoms with van der Waals surface area (Å²) in [6.07, 6.45) is 0.183. The topological polar surface area (TPSA) is 63.7 Å². The van der Waals surface area contributed by atoms with Gasteiger partial charge in [0, 0.05) is 12.8 Å². The molecule has 1 saturated heterocycles. The molecule has 2 rings (SSSR count). The third kappa shape index (κ3) is 2.87. The molecule has 5 nitrogen and oxygen atoms in total. The van der Waals surface area contributed by atoms with Crippen molar-refractivity contribution in [3.8, 4) is 0 Å². The number of hydrogen-bond acceptors (Lipinski definition) is 4. The number of rotatable bonds is 2. The fraction of sp³-hybridized carbons (Fsp3) is 0.400. The molecule has 2 amide bonds. The third-order valence-corrected chi connectivity index (χ3v) is 3.14. The van der Waals surface area contributed by atoms with Crippen LogP contribution in [0.3, 0.4) is 0 Å². The molecule has 0 radical (unpaired) electrons. The summed E-state index contributed by atoms with van der Waals surface area (Å²) in [5.74, 6) is -1.65. The molecule has 1 aliphatic heterocycles. The first-order valence-electron chi connectivity index (χ1n) is 6.47. The van der Waals surface area contributed by atoms with Crippen molar-refractivity contribution >= 4 is 17.8 Å². The van der Waals surface area contributed by atoms with E-state index in [9.17, 15) is 14.4 Å². The van der Waals surface area contributed by atoms with Gasteiger partial charge in [-0.05, 0) is 23.1 Å². The van der Waals surface area contributed by atoms with Gasteiger partial charge in [0.25, 0.3) is 11.8 Å². The molecule has 0 saturated carbocycles. The van der Waals surface area contributed by atoms with Gasteiger partial charge in [0.15, 0.2) is 0 Å². The number of hydroxylamine groups is 2. The molecule has 0 N–H and O–H groups in total. The fourth-order valence-electron chi connectivity index (χ4n) is 1.91. The van der Waals surface area contributed by atoms with Gasteiger partial charge in [0.05, 0.1) is 5.56 Å². The van der Waals surface area contributed by atoms with Crippen LogP contribution in [0, 0.1) is 0 Å². The molecule has 0 aromatic heterocycles. The largest absolute Gasteiger partial charge is 0.363 e. The summed E-state index contributed by atoms with van der Waals surface area (Å²) >= 11 is 0. The molecule has 0 atom stereocenters. The zero-order valence-electron chi connectivity index (χ0n) is 11.8. The molecule has 0 unspecified atom stereocenters. The summed E-state index contributed by atoms with van der Waals surface area (Å²) in [7, 11) is 0. The Morgan fingerprint density at radius 2 is 1.75 bits per heavy atom. The maximum Gasteiger partial charge on any atom is 0.363 e. The van der Waals surface area contributed by atoms with E-state index >= 15 is 0 Å². The quantitative estimate of drug-likeness (QED) is 0.776. The van der Waals surface area contributed by atoms with Gasteiger partial charge in [0.1, 0.15) is 0 Å². The highest BCUT2D eigenvalue weighted by atomic mass is 16.7. The van der Waals surface area contributed by atoms with E-state index in [4.69, 9.17) is 4.84 Å². The number of nitrogens with zero attached hydrogens (tertiary/aromatic N) is 1. The van der Waals surface area contributed by atoms with E-state index in [1.165, 1.54) is 0 Å². The normalized spacial score (nSPS) is 15.7. The Hall–Kier alpha value is -2.17. The van der Waals surface area contributed by atoms with Crippen molar-refractivity contribution < 1.29 is 19.2 Å². The zero-order valence-corrected chi connectivity index (χ0v) is 11.8. The summed E-state index contributed by atoms with van der Waals surface area (Å²) in [5.41, 5.74) is 1.20. The van der Waals surface area contributed by atoms with E-state index in [1.54, 1.807) is 18.2 Å². The SMILES string of the molecule is CC(C)(C)c1cccc(C(=O)ON2C(=O)CCC2=O)c1. The van der Waals surface area contributed by atoms with E-state index in [0.717, 1.165) is 5.56 Å². The molecule has 1 aromatic rings. The Morgan fingerprint density at radius 1 is 1.15 bits per heavy atom. The van der Waals surface area contributed by atoms with Crippen molar-refractivity contribution in [2.45, 2.75) is 39.0 Å². The summed E-state index contributed by atoms with van der Waals surface area (Å²) in [5, 5.41) is 0.562. The van der Waals surface area contributed by atoms with E-state index in [2.05, 4.69) is 0 Å². The summed E-state index contributed by atoms with van der Waals surface area (Å²) in [6, 6.07) is 6.99. The van der Waals surface area contributed by atoms with Crippen LogP contribution in [0.1, 0.15) is 49.5 Å². The van der Waals surface area contributed by atoms with Crippen LogP contribution in [0.4, 0.5) is 0 Å². The number of hydrogen-bond donors (Lipinski definition) is 0. The fourth-order valence-corrected chi connectivity index (χ4v) is 1.91. The van der Waals surface area contributed by atoms with Crippen LogP contribution in [0.25, 0.3) is 0 Å². The van der Waals surface area contributed by atoms with E-state index < -0.39 is 17.8 Å². The second kappa shape index (κ2) is 5.07. The number of carbonyl (C=O) groups excluding carboxylic acids is 3. The summed E-state index contributed by atoms with van der Waals surface area (Å²) in [6.45, 7) is 6.10. The molecular formula is C15H17NO4. The smallest absolute Gasteiger partial charge is 0.325 e. The zero-order chi connectivity index (χ0) is 14.9. The van der Waals surface area contributed by atoms with Gasteiger partial charge in [-0.2, -0.15) is 0 Å². The lowest BCUT2D eigenvalue weighted by Gasteiger charge is -2.19. The molecule has 106 valence electrons. The first-order chi connectivity index (χ1) is 9.29. The molecule has 1 aliphatic rings. The lowest BCUT2D eigenvalue weighted by molar-refractivity contribution is -0.172. The van der Waals surface area contributed by atoms with Crippen LogP contribution in [-0.4, -0.2) is 22.8 Å². The van der Waals surface area contributed by atoms with Gasteiger partial charge in [0.2, 0.25) is 0 Å². The highest BCUT2D eigenvalue weighted by Gasteiger charge is 2.33. The highest BCUT2D eigenvalue weighted by Crippen LogP contribution is 2.23. The third-order valence-electron chi connectivity index (χ3n) is 3.14. The Morgan fingerprint density at radius 3 is 2.30 bits per heavy atom. The average molecular weight is 275 g/mol. The molecule has 1 aromatic carbocycles. The van der Waals surface area contributed by atoms with Crippen LogP contribution in [0.15, 0.2) is 24.3 Å². The van der Waals surface area contributed by atoms with Gasteiger partial charge in [-0.15, -0.1) is 5.06 Å². The minimum atomic E-state index is -0.695. The Balaban J connectivity index is 2.18. The van der Waals surface area contributed by atoms with Gasteiger partial charge in [-0.1, -0.05) is 32.9 Å². The van der Waals surface area contributed by atoms with E-state index in [0.29, 0.717) is 10.6 Å². The molecule has 20 heavy (non-hydrogen) atoms. The van der Waals surface area contributed by atoms with Crippen molar-refractivity contribution in [3.63, 3.8) is 0 Å². The lowest BCUT2D eigenvalue weighted by Crippen LogP contribution is -2.32. The van der Waals surface area contributed by atoms with Gasteiger partial charge in [-0.3, -0.25) is 9.59 Å². The second-order valence-corrected chi connectivity index (χ2v) is 5.79. The van der Waals surface area contributed by atoms with Crippen molar-refractivity contribution in [1.82, 2.24) is 5.06 Å². The van der Waals surface area contributed by atoms with Crippen molar-refractivity contribution in [2.75, 3.05) is 0 Å². The standard InChI is InChI=1S/C15H17NO4/c1-15(2,3)11-6-4-5-10(9-11)14(19)20-16-12(17)7-8-13(16)18/h4-6,9H,7-8H2,1-3H3. The molecule has 0 spiro atoms. The van der Waals surface area contributed by atoms with Crippen LogP contribution < -0.4 is 0 Å². The van der Waals surface area contributed by atoms with Gasteiger partial charge in [-0.25, -0.2) is 4.79 Å². The van der Waals surface area contributed by atoms with Crippen molar-refractivity contribution in [1.29, 1.82) is 0 Å². The number of amides is 2. The molecule has 0 bridgehead atoms. The Bertz CT molecular complexity index is 555. The van der Waals surface area contributed by atoms with Crippen LogP contribution in [-0.2, 0) is 19.8 Å².